The molecule has 3 rings (SSSR count). The Hall–Kier alpha value is -2.34. The normalized spacial score (nSPS) is 13.5. The van der Waals surface area contributed by atoms with Gasteiger partial charge in [-0.2, -0.15) is 9.37 Å². The van der Waals surface area contributed by atoms with Crippen molar-refractivity contribution >= 4 is 46.1 Å². The molecule has 0 saturated carbocycles. The molecular formula is C21H26FIN6O2. The van der Waals surface area contributed by atoms with E-state index in [1.807, 2.05) is 12.1 Å². The molecule has 1 aromatic carbocycles. The number of nitrogens with zero attached hydrogens (tertiary/aromatic N) is 4. The van der Waals surface area contributed by atoms with Gasteiger partial charge in [-0.25, -0.2) is 15.0 Å². The topological polar surface area (TPSA) is 93.0 Å². The van der Waals surface area contributed by atoms with E-state index in [0.29, 0.717) is 47.7 Å². The molecule has 31 heavy (non-hydrogen) atoms. The number of halogens is 2. The molecule has 8 nitrogen and oxygen atoms in total. The zero-order chi connectivity index (χ0) is 22.4. The Labute approximate surface area is 194 Å². The first kappa shape index (κ1) is 23.3. The zero-order valence-corrected chi connectivity index (χ0v) is 20.2. The lowest BCUT2D eigenvalue weighted by Gasteiger charge is -2.10. The molecule has 1 aliphatic rings. The number of hydrogen-bond acceptors (Lipinski definition) is 7. The van der Waals surface area contributed by atoms with Crippen LogP contribution in [0.4, 0.5) is 15.9 Å². The van der Waals surface area contributed by atoms with Crippen LogP contribution in [0.5, 0.6) is 11.5 Å². The molecule has 0 fully saturated rings. The summed E-state index contributed by atoms with van der Waals surface area (Å²) < 4.78 is 25.6. The summed E-state index contributed by atoms with van der Waals surface area (Å²) in [6.45, 7) is 7.72. The van der Waals surface area contributed by atoms with E-state index in [-0.39, 0.29) is 6.79 Å². The van der Waals surface area contributed by atoms with Gasteiger partial charge in [0.2, 0.25) is 6.79 Å². The highest BCUT2D eigenvalue weighted by Gasteiger charge is 2.18. The fourth-order valence-corrected chi connectivity index (χ4v) is 3.57. The third-order valence-electron chi connectivity index (χ3n) is 4.43. The summed E-state index contributed by atoms with van der Waals surface area (Å²) in [6.07, 6.45) is 1.45. The van der Waals surface area contributed by atoms with Crippen molar-refractivity contribution in [3.63, 3.8) is 0 Å². The van der Waals surface area contributed by atoms with Crippen molar-refractivity contribution in [1.82, 2.24) is 15.3 Å². The summed E-state index contributed by atoms with van der Waals surface area (Å²) in [4.78, 5) is 16.9. The van der Waals surface area contributed by atoms with Gasteiger partial charge in [0.25, 0.3) is 0 Å². The van der Waals surface area contributed by atoms with Crippen molar-refractivity contribution in [2.75, 3.05) is 32.2 Å². The third-order valence-corrected chi connectivity index (χ3v) is 5.43. The number of rotatable bonds is 8. The summed E-state index contributed by atoms with van der Waals surface area (Å²) >= 11 is 2.26. The second kappa shape index (κ2) is 10.8. The van der Waals surface area contributed by atoms with E-state index in [1.165, 1.54) is 0 Å². The maximum Gasteiger partial charge on any atom is 0.310 e. The van der Waals surface area contributed by atoms with Crippen LogP contribution in [-0.2, 0) is 6.42 Å². The van der Waals surface area contributed by atoms with Crippen molar-refractivity contribution in [1.29, 1.82) is 0 Å². The Balaban J connectivity index is 1.92. The molecule has 0 saturated heterocycles. The molecule has 0 spiro atoms. The lowest BCUT2D eigenvalue weighted by atomic mass is 10.1. The number of aromatic nitrogens is 2. The number of nitrogens with one attached hydrogen (secondary N) is 2. The van der Waals surface area contributed by atoms with Crippen LogP contribution in [0.25, 0.3) is 0 Å². The van der Waals surface area contributed by atoms with Crippen LogP contribution in [0.1, 0.15) is 25.1 Å². The maximum atomic E-state index is 13.6. The fourth-order valence-electron chi connectivity index (χ4n) is 2.94. The van der Waals surface area contributed by atoms with Gasteiger partial charge in [-0.3, -0.25) is 0 Å². The van der Waals surface area contributed by atoms with Crippen LogP contribution in [0.3, 0.4) is 0 Å². The number of benzene rings is 1. The van der Waals surface area contributed by atoms with E-state index in [2.05, 4.69) is 62.0 Å². The van der Waals surface area contributed by atoms with Crippen molar-refractivity contribution in [2.24, 2.45) is 15.9 Å². The monoisotopic (exact) mass is 540 g/mol. The summed E-state index contributed by atoms with van der Waals surface area (Å²) in [5.41, 5.74) is 1.90. The van der Waals surface area contributed by atoms with E-state index < -0.39 is 6.08 Å². The Morgan fingerprint density at radius 1 is 1.29 bits per heavy atom. The number of anilines is 1. The van der Waals surface area contributed by atoms with Crippen LogP contribution in [0, 0.1) is 22.5 Å². The molecule has 0 aliphatic carbocycles. The van der Waals surface area contributed by atoms with Gasteiger partial charge in [0, 0.05) is 29.8 Å². The van der Waals surface area contributed by atoms with Crippen molar-refractivity contribution in [2.45, 2.75) is 27.2 Å². The molecule has 0 unspecified atom stereocenters. The number of ether oxygens (including phenoxy) is 2. The van der Waals surface area contributed by atoms with Gasteiger partial charge in [-0.05, 0) is 59.7 Å². The van der Waals surface area contributed by atoms with E-state index in [4.69, 9.17) is 14.5 Å². The Bertz CT molecular complexity index is 996. The van der Waals surface area contributed by atoms with Crippen LogP contribution in [-0.4, -0.2) is 48.9 Å². The van der Waals surface area contributed by atoms with Gasteiger partial charge in [0.05, 0.1) is 5.69 Å². The third kappa shape index (κ3) is 6.33. The minimum atomic E-state index is -0.797. The van der Waals surface area contributed by atoms with Crippen molar-refractivity contribution < 1.29 is 13.9 Å². The van der Waals surface area contributed by atoms with E-state index in [1.54, 1.807) is 20.2 Å². The maximum absolute atomic E-state index is 13.6. The molecule has 10 heteroatoms. The fraction of sp³-hybridized carbons (Fsp3) is 0.429. The highest BCUT2D eigenvalue weighted by Crippen LogP contribution is 2.36. The quantitative estimate of drug-likeness (QED) is 0.174. The molecule has 1 aliphatic heterocycles. The molecule has 2 N–H and O–H groups in total. The first-order valence-corrected chi connectivity index (χ1v) is 11.1. The molecule has 0 amide bonds. The van der Waals surface area contributed by atoms with Gasteiger partial charge in [0.1, 0.15) is 11.5 Å². The molecule has 0 radical (unpaired) electrons. The Kier molecular flexibility index (Phi) is 8.13. The van der Waals surface area contributed by atoms with Crippen molar-refractivity contribution in [3.8, 4) is 11.5 Å². The number of aryl methyl sites for hydroxylation is 1. The molecule has 0 atom stereocenters. The predicted octanol–water partition coefficient (Wildman–Crippen LogP) is 3.89. The first-order chi connectivity index (χ1) is 14.9. The van der Waals surface area contributed by atoms with Gasteiger partial charge in [0.15, 0.2) is 17.3 Å². The largest absolute Gasteiger partial charge is 0.454 e. The predicted molar refractivity (Wildman–Crippen MR) is 129 cm³/mol. The van der Waals surface area contributed by atoms with Crippen LogP contribution < -0.4 is 20.1 Å². The molecule has 0 bridgehead atoms. The van der Waals surface area contributed by atoms with Gasteiger partial charge >= 0.3 is 6.08 Å². The van der Waals surface area contributed by atoms with Crippen LogP contribution >= 0.6 is 22.6 Å². The van der Waals surface area contributed by atoms with Crippen molar-refractivity contribution in [3.05, 3.63) is 33.0 Å². The molecular weight excluding hydrogens is 514 g/mol. The van der Waals surface area contributed by atoms with E-state index in [0.717, 1.165) is 21.4 Å². The summed E-state index contributed by atoms with van der Waals surface area (Å²) in [5.74, 6) is 2.85. The standard InChI is InChI=1S/C21H26FIN6O2/c1-12(2)10-25-5-6-26-18(28-19-13(3)27-21(22)29-20(19)24-4)8-14-7-16-17(9-15(14)23)31-11-30-16/h6-7,9,12,25H,5,8,10-11H2,1-4H3,(H,24,27,29)/b26-6-,28-18-. The van der Waals surface area contributed by atoms with Gasteiger partial charge < -0.3 is 20.1 Å². The van der Waals surface area contributed by atoms with E-state index in [9.17, 15) is 4.39 Å². The highest BCUT2D eigenvalue weighted by atomic mass is 127. The second-order valence-corrected chi connectivity index (χ2v) is 8.55. The summed E-state index contributed by atoms with van der Waals surface area (Å²) in [7, 11) is 1.67. The lowest BCUT2D eigenvalue weighted by molar-refractivity contribution is 0.174. The second-order valence-electron chi connectivity index (χ2n) is 7.39. The SMILES string of the molecule is CNc1nc(F)nc(C)c1/N=C(Cc1cc2c(cc1I)OCO2)\N=C/CNCC(C)C. The lowest BCUT2D eigenvalue weighted by Crippen LogP contribution is -2.21. The Morgan fingerprint density at radius 3 is 2.74 bits per heavy atom. The van der Waals surface area contributed by atoms with Gasteiger partial charge in [-0.1, -0.05) is 13.8 Å². The number of aliphatic imine (C=N–C) groups is 2. The molecule has 2 heterocycles. The van der Waals surface area contributed by atoms with Gasteiger partial charge in [-0.15, -0.1) is 0 Å². The number of fused-ring (bicyclic) bond motifs is 1. The van der Waals surface area contributed by atoms with E-state index >= 15 is 0 Å². The zero-order valence-electron chi connectivity index (χ0n) is 18.0. The number of amidine groups is 1. The highest BCUT2D eigenvalue weighted by molar-refractivity contribution is 14.1. The average Bonchev–Trinajstić information content (AvgIpc) is 3.16. The van der Waals surface area contributed by atoms with Crippen LogP contribution in [0.15, 0.2) is 22.1 Å². The first-order valence-electron chi connectivity index (χ1n) is 9.98. The minimum absolute atomic E-state index is 0.215. The molecule has 2 aromatic rings. The summed E-state index contributed by atoms with van der Waals surface area (Å²) in [5, 5.41) is 6.21. The minimum Gasteiger partial charge on any atom is -0.454 e. The Morgan fingerprint density at radius 2 is 2.03 bits per heavy atom. The smallest absolute Gasteiger partial charge is 0.310 e. The number of hydrogen-bond donors (Lipinski definition) is 2. The average molecular weight is 540 g/mol. The molecule has 1 aromatic heterocycles. The van der Waals surface area contributed by atoms with Crippen LogP contribution in [0.2, 0.25) is 0 Å². The summed E-state index contributed by atoms with van der Waals surface area (Å²) in [6, 6.07) is 3.88. The molecule has 166 valence electrons.